The summed E-state index contributed by atoms with van der Waals surface area (Å²) >= 11 is 1.75. The van der Waals surface area contributed by atoms with E-state index >= 15 is 0 Å². The quantitative estimate of drug-likeness (QED) is 0.443. The van der Waals surface area contributed by atoms with E-state index in [9.17, 15) is 0 Å². The summed E-state index contributed by atoms with van der Waals surface area (Å²) < 4.78 is 4.86. The van der Waals surface area contributed by atoms with Gasteiger partial charge in [0, 0.05) is 5.97 Å². The summed E-state index contributed by atoms with van der Waals surface area (Å²) in [6.07, 6.45) is 0.818. The van der Waals surface area contributed by atoms with Crippen molar-refractivity contribution >= 4 is 29.7 Å². The van der Waals surface area contributed by atoms with Crippen molar-refractivity contribution in [3.63, 3.8) is 0 Å². The molecule has 0 aromatic rings. The van der Waals surface area contributed by atoms with Gasteiger partial charge < -0.3 is 3.07 Å². The number of nitriles is 1. The van der Waals surface area contributed by atoms with E-state index in [1.807, 2.05) is 0 Å². The van der Waals surface area contributed by atoms with Crippen LogP contribution in [0.25, 0.3) is 0 Å². The van der Waals surface area contributed by atoms with Crippen molar-refractivity contribution in [1.29, 1.82) is 5.26 Å². The first-order chi connectivity index (χ1) is 5.11. The van der Waals surface area contributed by atoms with Gasteiger partial charge in [0.05, 0.1) is 5.66 Å². The Bertz CT molecular complexity index is 176. The Labute approximate surface area is 82.4 Å². The van der Waals surface area contributed by atoms with E-state index in [4.69, 9.17) is 8.33 Å². The second-order valence-electron chi connectivity index (χ2n) is 2.85. The molecular weight excluding hydrogens is 252 g/mol. The monoisotopic (exact) mass is 263 g/mol. The highest BCUT2D eigenvalue weighted by molar-refractivity contribution is 14.1. The van der Waals surface area contributed by atoms with Crippen LogP contribution in [0.15, 0.2) is 12.2 Å². The van der Waals surface area contributed by atoms with E-state index < -0.39 is 0 Å². The SMILES string of the molecule is C=C(OI)B(C#N)CC(C)C. The lowest BCUT2D eigenvalue weighted by molar-refractivity contribution is 0.604. The number of hydrogen-bond acceptors (Lipinski definition) is 2. The maximum atomic E-state index is 8.68. The second kappa shape index (κ2) is 5.47. The lowest BCUT2D eigenvalue weighted by Crippen LogP contribution is -2.16. The standard InChI is InChI=1S/C7H11BINO/c1-6(2)4-8(5-10)7(3)11-9/h6H,3-4H2,1-2H3. The average molecular weight is 263 g/mol. The Morgan fingerprint density at radius 2 is 2.36 bits per heavy atom. The van der Waals surface area contributed by atoms with Gasteiger partial charge in [-0.25, -0.2) is 5.26 Å². The van der Waals surface area contributed by atoms with E-state index in [1.54, 1.807) is 23.0 Å². The fourth-order valence-corrected chi connectivity index (χ4v) is 1.09. The van der Waals surface area contributed by atoms with Crippen LogP contribution in [0.1, 0.15) is 13.8 Å². The molecule has 0 atom stereocenters. The first kappa shape index (κ1) is 10.8. The first-order valence-corrected chi connectivity index (χ1v) is 4.36. The third-order valence-corrected chi connectivity index (χ3v) is 1.92. The molecule has 0 amide bonds. The second-order valence-corrected chi connectivity index (χ2v) is 3.30. The van der Waals surface area contributed by atoms with Crippen molar-refractivity contribution in [2.24, 2.45) is 5.92 Å². The van der Waals surface area contributed by atoms with Gasteiger partial charge in [0.2, 0.25) is 0 Å². The minimum atomic E-state index is -0.160. The van der Waals surface area contributed by atoms with E-state index in [0.29, 0.717) is 11.6 Å². The van der Waals surface area contributed by atoms with Crippen LogP contribution in [0.4, 0.5) is 0 Å². The summed E-state index contributed by atoms with van der Waals surface area (Å²) in [5, 5.41) is 8.68. The molecule has 0 N–H and O–H groups in total. The van der Waals surface area contributed by atoms with Crippen molar-refractivity contribution in [2.75, 3.05) is 0 Å². The number of halogens is 1. The summed E-state index contributed by atoms with van der Waals surface area (Å²) in [5.74, 6) is 2.66. The summed E-state index contributed by atoms with van der Waals surface area (Å²) in [4.78, 5) is 0. The molecule has 0 fully saturated rings. The fourth-order valence-electron chi connectivity index (χ4n) is 0.781. The maximum Gasteiger partial charge on any atom is 0.343 e. The van der Waals surface area contributed by atoms with Gasteiger partial charge in [0.25, 0.3) is 0 Å². The zero-order valence-corrected chi connectivity index (χ0v) is 8.96. The lowest BCUT2D eigenvalue weighted by atomic mass is 9.46. The highest BCUT2D eigenvalue weighted by Crippen LogP contribution is 2.13. The highest BCUT2D eigenvalue weighted by atomic mass is 127. The first-order valence-electron chi connectivity index (χ1n) is 3.48. The topological polar surface area (TPSA) is 33.0 Å². The largest absolute Gasteiger partial charge is 0.442 e. The van der Waals surface area contributed by atoms with Crippen molar-refractivity contribution in [3.05, 3.63) is 12.2 Å². The van der Waals surface area contributed by atoms with Crippen LogP contribution in [-0.4, -0.2) is 6.71 Å². The molecule has 2 nitrogen and oxygen atoms in total. The molecule has 0 aliphatic rings. The smallest absolute Gasteiger partial charge is 0.343 e. The van der Waals surface area contributed by atoms with Gasteiger partial charge in [0.15, 0.2) is 23.0 Å². The molecule has 0 aliphatic heterocycles. The van der Waals surface area contributed by atoms with Gasteiger partial charge in [-0.1, -0.05) is 26.3 Å². The Balaban J connectivity index is 3.98. The average Bonchev–Trinajstić information content (AvgIpc) is 1.98. The molecule has 0 saturated carbocycles. The van der Waals surface area contributed by atoms with Crippen LogP contribution in [0, 0.1) is 17.1 Å². The molecular formula is C7H11BINO. The molecule has 60 valence electrons. The summed E-state index contributed by atoms with van der Waals surface area (Å²) in [5.41, 5.74) is 0.557. The van der Waals surface area contributed by atoms with E-state index in [0.717, 1.165) is 6.32 Å². The van der Waals surface area contributed by atoms with Crippen molar-refractivity contribution in [3.8, 4) is 5.97 Å². The van der Waals surface area contributed by atoms with Gasteiger partial charge in [-0.3, -0.25) is 0 Å². The Morgan fingerprint density at radius 3 is 2.64 bits per heavy atom. The molecule has 0 saturated heterocycles. The number of rotatable bonds is 4. The third kappa shape index (κ3) is 4.30. The highest BCUT2D eigenvalue weighted by Gasteiger charge is 2.20. The van der Waals surface area contributed by atoms with Crippen LogP contribution in [-0.2, 0) is 3.07 Å². The third-order valence-electron chi connectivity index (χ3n) is 1.35. The predicted octanol–water partition coefficient (Wildman–Crippen LogP) is 2.62. The molecule has 0 rings (SSSR count). The van der Waals surface area contributed by atoms with Crippen molar-refractivity contribution in [2.45, 2.75) is 20.2 Å². The fraction of sp³-hybridized carbons (Fsp3) is 0.571. The molecule has 0 aliphatic carbocycles. The van der Waals surface area contributed by atoms with Crippen LogP contribution in [0.2, 0.25) is 6.32 Å². The van der Waals surface area contributed by atoms with Gasteiger partial charge in [-0.05, 0) is 6.32 Å². The Hall–Kier alpha value is -0.175. The molecule has 0 unspecified atom stereocenters. The van der Waals surface area contributed by atoms with E-state index in [2.05, 4.69) is 26.4 Å². The number of hydrogen-bond donors (Lipinski definition) is 0. The van der Waals surface area contributed by atoms with E-state index in [1.165, 1.54) is 0 Å². The van der Waals surface area contributed by atoms with Crippen LogP contribution >= 0.6 is 23.0 Å². The minimum absolute atomic E-state index is 0.160. The van der Waals surface area contributed by atoms with Crippen LogP contribution in [0.5, 0.6) is 0 Å². The molecule has 0 spiro atoms. The van der Waals surface area contributed by atoms with Crippen molar-refractivity contribution in [1.82, 2.24) is 0 Å². The molecule has 0 radical (unpaired) electrons. The van der Waals surface area contributed by atoms with Crippen molar-refractivity contribution < 1.29 is 3.07 Å². The van der Waals surface area contributed by atoms with Crippen LogP contribution < -0.4 is 0 Å². The predicted molar refractivity (Wildman–Crippen MR) is 55.3 cm³/mol. The summed E-state index contributed by atoms with van der Waals surface area (Å²) in [7, 11) is 0. The molecule has 0 aromatic carbocycles. The maximum absolute atomic E-state index is 8.68. The molecule has 4 heteroatoms. The molecule has 11 heavy (non-hydrogen) atoms. The normalized spacial score (nSPS) is 9.00. The Morgan fingerprint density at radius 1 is 1.82 bits per heavy atom. The van der Waals surface area contributed by atoms with Gasteiger partial charge >= 0.3 is 6.71 Å². The molecule has 0 bridgehead atoms. The van der Waals surface area contributed by atoms with Gasteiger partial charge in [0.1, 0.15) is 0 Å². The zero-order chi connectivity index (χ0) is 8.85. The summed E-state index contributed by atoms with van der Waals surface area (Å²) in [6.45, 7) is 7.63. The van der Waals surface area contributed by atoms with Gasteiger partial charge in [-0.15, -0.1) is 0 Å². The zero-order valence-electron chi connectivity index (χ0n) is 6.80. The Kier molecular flexibility index (Phi) is 5.39. The van der Waals surface area contributed by atoms with Gasteiger partial charge in [-0.2, -0.15) is 0 Å². The molecule has 0 heterocycles. The molecule has 0 aromatic heterocycles. The van der Waals surface area contributed by atoms with E-state index in [-0.39, 0.29) is 6.71 Å². The van der Waals surface area contributed by atoms with Crippen LogP contribution in [0.3, 0.4) is 0 Å². The lowest BCUT2D eigenvalue weighted by Gasteiger charge is -2.07. The minimum Gasteiger partial charge on any atom is -0.442 e. The number of nitrogens with zero attached hydrogens (tertiary/aromatic N) is 1. The summed E-state index contributed by atoms with van der Waals surface area (Å²) in [6, 6.07) is 0.